The Balaban J connectivity index is 1.97. The molecule has 0 radical (unpaired) electrons. The fourth-order valence-corrected chi connectivity index (χ4v) is 2.19. The standard InChI is InChI=1S/C18H17NO/c1-2-12-20-16-8-5-7-15(13-16)18-11-10-14-6-3-4-9-17(14)19-18/h3-11,13H,2,12H2,1H3. The zero-order valence-corrected chi connectivity index (χ0v) is 11.5. The minimum absolute atomic E-state index is 0.745. The Hall–Kier alpha value is -2.35. The minimum atomic E-state index is 0.745. The zero-order valence-electron chi connectivity index (χ0n) is 11.5. The van der Waals surface area contributed by atoms with Crippen LogP contribution in [0.25, 0.3) is 22.2 Å². The van der Waals surface area contributed by atoms with Gasteiger partial charge in [0, 0.05) is 10.9 Å². The van der Waals surface area contributed by atoms with E-state index in [1.165, 1.54) is 0 Å². The van der Waals surface area contributed by atoms with Crippen molar-refractivity contribution in [2.75, 3.05) is 6.61 Å². The third-order valence-corrected chi connectivity index (χ3v) is 3.20. The van der Waals surface area contributed by atoms with Crippen molar-refractivity contribution in [2.24, 2.45) is 0 Å². The molecule has 0 N–H and O–H groups in total. The molecule has 0 saturated heterocycles. The number of hydrogen-bond donors (Lipinski definition) is 0. The summed E-state index contributed by atoms with van der Waals surface area (Å²) in [7, 11) is 0. The number of rotatable bonds is 4. The molecule has 1 aromatic heterocycles. The van der Waals surface area contributed by atoms with Gasteiger partial charge < -0.3 is 4.74 Å². The van der Waals surface area contributed by atoms with E-state index in [0.29, 0.717) is 0 Å². The Bertz CT molecular complexity index is 721. The number of hydrogen-bond acceptors (Lipinski definition) is 2. The van der Waals surface area contributed by atoms with Crippen LogP contribution in [0.5, 0.6) is 5.75 Å². The lowest BCUT2D eigenvalue weighted by atomic mass is 10.1. The van der Waals surface area contributed by atoms with Gasteiger partial charge in [0.05, 0.1) is 17.8 Å². The van der Waals surface area contributed by atoms with E-state index in [1.807, 2.05) is 36.4 Å². The molecule has 0 fully saturated rings. The van der Waals surface area contributed by atoms with Crippen molar-refractivity contribution in [1.29, 1.82) is 0 Å². The fourth-order valence-electron chi connectivity index (χ4n) is 2.19. The van der Waals surface area contributed by atoms with Crippen LogP contribution in [0.4, 0.5) is 0 Å². The highest BCUT2D eigenvalue weighted by Crippen LogP contribution is 2.24. The third kappa shape index (κ3) is 2.64. The lowest BCUT2D eigenvalue weighted by molar-refractivity contribution is 0.317. The molecule has 2 nitrogen and oxygen atoms in total. The average Bonchev–Trinajstić information content (AvgIpc) is 2.53. The molecule has 100 valence electrons. The predicted octanol–water partition coefficient (Wildman–Crippen LogP) is 4.69. The molecule has 0 amide bonds. The Morgan fingerprint density at radius 2 is 1.85 bits per heavy atom. The number of fused-ring (bicyclic) bond motifs is 1. The number of aromatic nitrogens is 1. The molecule has 1 heterocycles. The summed E-state index contributed by atoms with van der Waals surface area (Å²) < 4.78 is 5.68. The quantitative estimate of drug-likeness (QED) is 0.681. The molecule has 3 rings (SSSR count). The Labute approximate surface area is 119 Å². The topological polar surface area (TPSA) is 22.1 Å². The fraction of sp³-hybridized carbons (Fsp3) is 0.167. The summed E-state index contributed by atoms with van der Waals surface area (Å²) in [6.45, 7) is 2.85. The molecule has 0 atom stereocenters. The average molecular weight is 263 g/mol. The van der Waals surface area contributed by atoms with E-state index in [2.05, 4.69) is 31.2 Å². The second-order valence-electron chi connectivity index (χ2n) is 4.77. The van der Waals surface area contributed by atoms with Crippen molar-refractivity contribution < 1.29 is 4.74 Å². The molecular formula is C18H17NO. The van der Waals surface area contributed by atoms with E-state index in [-0.39, 0.29) is 0 Å². The van der Waals surface area contributed by atoms with Gasteiger partial charge in [0.25, 0.3) is 0 Å². The molecule has 2 aromatic carbocycles. The van der Waals surface area contributed by atoms with E-state index < -0.39 is 0 Å². The highest BCUT2D eigenvalue weighted by atomic mass is 16.5. The van der Waals surface area contributed by atoms with Gasteiger partial charge in [-0.25, -0.2) is 4.98 Å². The Morgan fingerprint density at radius 3 is 2.75 bits per heavy atom. The molecule has 3 aromatic rings. The Kier molecular flexibility index (Phi) is 3.64. The summed E-state index contributed by atoms with van der Waals surface area (Å²) in [5.41, 5.74) is 3.08. The van der Waals surface area contributed by atoms with Crippen LogP contribution in [0.3, 0.4) is 0 Å². The second kappa shape index (κ2) is 5.74. The molecule has 0 aliphatic carbocycles. The first kappa shape index (κ1) is 12.7. The van der Waals surface area contributed by atoms with Crippen molar-refractivity contribution in [3.8, 4) is 17.0 Å². The van der Waals surface area contributed by atoms with E-state index in [0.717, 1.165) is 40.9 Å². The van der Waals surface area contributed by atoms with E-state index in [4.69, 9.17) is 9.72 Å². The first-order valence-electron chi connectivity index (χ1n) is 6.96. The normalized spacial score (nSPS) is 10.7. The maximum atomic E-state index is 5.68. The number of ether oxygens (including phenoxy) is 1. The van der Waals surface area contributed by atoms with Crippen LogP contribution in [0.15, 0.2) is 60.7 Å². The van der Waals surface area contributed by atoms with Crippen LogP contribution in [0.1, 0.15) is 13.3 Å². The summed E-state index contributed by atoms with van der Waals surface area (Å²) in [6.07, 6.45) is 1.01. The van der Waals surface area contributed by atoms with Crippen LogP contribution in [0, 0.1) is 0 Å². The molecule has 0 unspecified atom stereocenters. The lowest BCUT2D eigenvalue weighted by Crippen LogP contribution is -1.95. The summed E-state index contributed by atoms with van der Waals surface area (Å²) in [5.74, 6) is 0.902. The van der Waals surface area contributed by atoms with Gasteiger partial charge in [0.1, 0.15) is 5.75 Å². The van der Waals surface area contributed by atoms with Gasteiger partial charge in [-0.3, -0.25) is 0 Å². The largest absolute Gasteiger partial charge is 0.494 e. The highest BCUT2D eigenvalue weighted by molar-refractivity contribution is 5.81. The minimum Gasteiger partial charge on any atom is -0.494 e. The summed E-state index contributed by atoms with van der Waals surface area (Å²) in [4.78, 5) is 4.71. The monoisotopic (exact) mass is 263 g/mol. The van der Waals surface area contributed by atoms with E-state index >= 15 is 0 Å². The molecule has 0 bridgehead atoms. The Morgan fingerprint density at radius 1 is 0.950 bits per heavy atom. The van der Waals surface area contributed by atoms with Gasteiger partial charge in [0.2, 0.25) is 0 Å². The molecule has 0 aliphatic rings. The van der Waals surface area contributed by atoms with Crippen LogP contribution in [-0.2, 0) is 0 Å². The van der Waals surface area contributed by atoms with Crippen molar-refractivity contribution in [1.82, 2.24) is 4.98 Å². The molecule has 0 aliphatic heterocycles. The van der Waals surface area contributed by atoms with Gasteiger partial charge in [-0.05, 0) is 30.7 Å². The van der Waals surface area contributed by atoms with Crippen LogP contribution >= 0.6 is 0 Å². The molecule has 20 heavy (non-hydrogen) atoms. The van der Waals surface area contributed by atoms with Gasteiger partial charge in [-0.1, -0.05) is 43.3 Å². The highest BCUT2D eigenvalue weighted by Gasteiger charge is 2.03. The van der Waals surface area contributed by atoms with E-state index in [9.17, 15) is 0 Å². The maximum Gasteiger partial charge on any atom is 0.119 e. The van der Waals surface area contributed by atoms with E-state index in [1.54, 1.807) is 0 Å². The van der Waals surface area contributed by atoms with Crippen LogP contribution in [0.2, 0.25) is 0 Å². The predicted molar refractivity (Wildman–Crippen MR) is 83.0 cm³/mol. The van der Waals surface area contributed by atoms with Crippen molar-refractivity contribution >= 4 is 10.9 Å². The maximum absolute atomic E-state index is 5.68. The van der Waals surface area contributed by atoms with Crippen molar-refractivity contribution in [2.45, 2.75) is 13.3 Å². The van der Waals surface area contributed by atoms with Crippen molar-refractivity contribution in [3.63, 3.8) is 0 Å². The number of pyridine rings is 1. The van der Waals surface area contributed by atoms with Gasteiger partial charge in [-0.2, -0.15) is 0 Å². The summed E-state index contributed by atoms with van der Waals surface area (Å²) in [5, 5.41) is 1.16. The van der Waals surface area contributed by atoms with Gasteiger partial charge in [0.15, 0.2) is 0 Å². The van der Waals surface area contributed by atoms with Gasteiger partial charge in [-0.15, -0.1) is 0 Å². The number of para-hydroxylation sites is 1. The molecule has 2 heteroatoms. The summed E-state index contributed by atoms with van der Waals surface area (Å²) in [6, 6.07) is 20.4. The summed E-state index contributed by atoms with van der Waals surface area (Å²) >= 11 is 0. The zero-order chi connectivity index (χ0) is 13.8. The first-order chi connectivity index (χ1) is 9.86. The number of benzene rings is 2. The third-order valence-electron chi connectivity index (χ3n) is 3.20. The lowest BCUT2D eigenvalue weighted by Gasteiger charge is -2.07. The smallest absolute Gasteiger partial charge is 0.119 e. The van der Waals surface area contributed by atoms with Gasteiger partial charge >= 0.3 is 0 Å². The number of nitrogens with zero attached hydrogens (tertiary/aromatic N) is 1. The van der Waals surface area contributed by atoms with Crippen LogP contribution in [-0.4, -0.2) is 11.6 Å². The van der Waals surface area contributed by atoms with Crippen molar-refractivity contribution in [3.05, 3.63) is 60.7 Å². The van der Waals surface area contributed by atoms with Crippen LogP contribution < -0.4 is 4.74 Å². The second-order valence-corrected chi connectivity index (χ2v) is 4.77. The first-order valence-corrected chi connectivity index (χ1v) is 6.96. The molecular weight excluding hydrogens is 246 g/mol. The SMILES string of the molecule is CCCOc1cccc(-c2ccc3ccccc3n2)c1. The molecule has 0 spiro atoms. The molecule has 0 saturated carbocycles.